The van der Waals surface area contributed by atoms with Crippen molar-refractivity contribution in [2.24, 2.45) is 7.05 Å². The van der Waals surface area contributed by atoms with Crippen LogP contribution in [0.15, 0.2) is 12.4 Å². The van der Waals surface area contributed by atoms with Gasteiger partial charge in [-0.25, -0.2) is 0 Å². The minimum Gasteiger partial charge on any atom is -0.480 e. The highest BCUT2D eigenvalue weighted by molar-refractivity contribution is 5.72. The fraction of sp³-hybridized carbons (Fsp3) is 0.500. The van der Waals surface area contributed by atoms with E-state index in [9.17, 15) is 4.79 Å². The van der Waals surface area contributed by atoms with Crippen LogP contribution in [0.1, 0.15) is 12.5 Å². The van der Waals surface area contributed by atoms with Crippen LogP contribution in [0.2, 0.25) is 0 Å². The topological polar surface area (TPSA) is 67.2 Å². The van der Waals surface area contributed by atoms with Crippen LogP contribution in [0.5, 0.6) is 0 Å². The smallest absolute Gasteiger partial charge is 0.320 e. The SMILES string of the molecule is CC(NCc1cnn(C)c1)C(=O)O. The normalized spacial score (nSPS) is 12.8. The van der Waals surface area contributed by atoms with E-state index in [4.69, 9.17) is 5.11 Å². The number of hydrogen-bond donors (Lipinski definition) is 2. The summed E-state index contributed by atoms with van der Waals surface area (Å²) in [6, 6.07) is -0.528. The molecule has 1 aromatic rings. The van der Waals surface area contributed by atoms with Gasteiger partial charge in [-0.2, -0.15) is 5.10 Å². The first-order valence-electron chi connectivity index (χ1n) is 4.03. The molecule has 0 spiro atoms. The van der Waals surface area contributed by atoms with Gasteiger partial charge in [-0.3, -0.25) is 9.48 Å². The lowest BCUT2D eigenvalue weighted by Crippen LogP contribution is -2.32. The minimum atomic E-state index is -0.844. The zero-order valence-electron chi connectivity index (χ0n) is 7.69. The summed E-state index contributed by atoms with van der Waals surface area (Å²) < 4.78 is 1.68. The van der Waals surface area contributed by atoms with Gasteiger partial charge in [-0.15, -0.1) is 0 Å². The third-order valence-electron chi connectivity index (χ3n) is 1.74. The molecular formula is C8H13N3O2. The third-order valence-corrected chi connectivity index (χ3v) is 1.74. The maximum atomic E-state index is 10.4. The first kappa shape index (κ1) is 9.73. The summed E-state index contributed by atoms with van der Waals surface area (Å²) in [5.74, 6) is -0.844. The lowest BCUT2D eigenvalue weighted by atomic mass is 10.3. The van der Waals surface area contributed by atoms with E-state index in [0.717, 1.165) is 5.56 Å². The van der Waals surface area contributed by atoms with Gasteiger partial charge >= 0.3 is 5.97 Å². The number of rotatable bonds is 4. The van der Waals surface area contributed by atoms with Gasteiger partial charge in [-0.1, -0.05) is 0 Å². The van der Waals surface area contributed by atoms with Crippen LogP contribution in [0.25, 0.3) is 0 Å². The van der Waals surface area contributed by atoms with Crippen LogP contribution in [0, 0.1) is 0 Å². The molecule has 1 rings (SSSR count). The molecule has 0 saturated heterocycles. The molecule has 5 nitrogen and oxygen atoms in total. The lowest BCUT2D eigenvalue weighted by molar-refractivity contribution is -0.139. The summed E-state index contributed by atoms with van der Waals surface area (Å²) in [5.41, 5.74) is 0.982. The van der Waals surface area contributed by atoms with Crippen molar-refractivity contribution in [3.8, 4) is 0 Å². The van der Waals surface area contributed by atoms with Gasteiger partial charge in [0, 0.05) is 25.4 Å². The summed E-state index contributed by atoms with van der Waals surface area (Å²) >= 11 is 0. The molecule has 0 aliphatic heterocycles. The second-order valence-corrected chi connectivity index (χ2v) is 2.96. The summed E-state index contributed by atoms with van der Waals surface area (Å²) in [6.45, 7) is 2.14. The van der Waals surface area contributed by atoms with Gasteiger partial charge in [0.15, 0.2) is 0 Å². The Balaban J connectivity index is 2.39. The molecule has 0 saturated carbocycles. The van der Waals surface area contributed by atoms with Crippen LogP contribution in [-0.4, -0.2) is 26.9 Å². The third kappa shape index (κ3) is 2.87. The number of aliphatic carboxylic acids is 1. The Labute approximate surface area is 76.4 Å². The number of carboxylic acid groups (broad SMARTS) is 1. The van der Waals surface area contributed by atoms with Gasteiger partial charge in [0.2, 0.25) is 0 Å². The van der Waals surface area contributed by atoms with E-state index in [1.165, 1.54) is 0 Å². The van der Waals surface area contributed by atoms with E-state index >= 15 is 0 Å². The fourth-order valence-electron chi connectivity index (χ4n) is 0.921. The van der Waals surface area contributed by atoms with E-state index in [1.807, 2.05) is 13.2 Å². The van der Waals surface area contributed by atoms with E-state index in [0.29, 0.717) is 6.54 Å². The van der Waals surface area contributed by atoms with Crippen molar-refractivity contribution in [1.29, 1.82) is 0 Å². The number of hydrogen-bond acceptors (Lipinski definition) is 3. The molecule has 2 N–H and O–H groups in total. The molecule has 0 aliphatic carbocycles. The van der Waals surface area contributed by atoms with Crippen LogP contribution < -0.4 is 5.32 Å². The standard InChI is InChI=1S/C8H13N3O2/c1-6(8(12)13)9-3-7-4-10-11(2)5-7/h4-6,9H,3H2,1-2H3,(H,12,13). The predicted molar refractivity (Wildman–Crippen MR) is 47.1 cm³/mol. The molecule has 1 atom stereocenters. The van der Waals surface area contributed by atoms with Gasteiger partial charge in [-0.05, 0) is 6.92 Å². The minimum absolute atomic E-state index is 0.528. The molecule has 1 heterocycles. The highest BCUT2D eigenvalue weighted by Gasteiger charge is 2.09. The Morgan fingerprint density at radius 3 is 3.00 bits per heavy atom. The molecule has 1 aromatic heterocycles. The van der Waals surface area contributed by atoms with Crippen molar-refractivity contribution in [2.45, 2.75) is 19.5 Å². The summed E-state index contributed by atoms with van der Waals surface area (Å²) in [6.07, 6.45) is 3.56. The number of carbonyl (C=O) groups is 1. The molecule has 0 fully saturated rings. The molecule has 0 amide bonds. The average molecular weight is 183 g/mol. The van der Waals surface area contributed by atoms with Crippen molar-refractivity contribution in [3.63, 3.8) is 0 Å². The molecule has 0 radical (unpaired) electrons. The fourth-order valence-corrected chi connectivity index (χ4v) is 0.921. The lowest BCUT2D eigenvalue weighted by Gasteiger charge is -2.06. The molecule has 0 bridgehead atoms. The molecule has 72 valence electrons. The largest absolute Gasteiger partial charge is 0.480 e. The van der Waals surface area contributed by atoms with Crippen molar-refractivity contribution in [3.05, 3.63) is 18.0 Å². The Kier molecular flexibility index (Phi) is 3.02. The monoisotopic (exact) mass is 183 g/mol. The van der Waals surface area contributed by atoms with Crippen LogP contribution >= 0.6 is 0 Å². The summed E-state index contributed by atoms with van der Waals surface area (Å²) in [4.78, 5) is 10.4. The Morgan fingerprint density at radius 2 is 2.54 bits per heavy atom. The Bertz CT molecular complexity index is 295. The van der Waals surface area contributed by atoms with E-state index in [-0.39, 0.29) is 0 Å². The van der Waals surface area contributed by atoms with Crippen LogP contribution in [0.3, 0.4) is 0 Å². The highest BCUT2D eigenvalue weighted by atomic mass is 16.4. The zero-order valence-corrected chi connectivity index (χ0v) is 7.69. The van der Waals surface area contributed by atoms with Crippen LogP contribution in [0.4, 0.5) is 0 Å². The molecule has 13 heavy (non-hydrogen) atoms. The van der Waals surface area contributed by atoms with Crippen molar-refractivity contribution in [2.75, 3.05) is 0 Å². The number of nitrogens with zero attached hydrogens (tertiary/aromatic N) is 2. The Morgan fingerprint density at radius 1 is 1.85 bits per heavy atom. The zero-order chi connectivity index (χ0) is 9.84. The van der Waals surface area contributed by atoms with E-state index < -0.39 is 12.0 Å². The van der Waals surface area contributed by atoms with Crippen molar-refractivity contribution in [1.82, 2.24) is 15.1 Å². The highest BCUT2D eigenvalue weighted by Crippen LogP contribution is 1.95. The van der Waals surface area contributed by atoms with E-state index in [2.05, 4.69) is 10.4 Å². The second-order valence-electron chi connectivity index (χ2n) is 2.96. The maximum absolute atomic E-state index is 10.4. The summed E-state index contributed by atoms with van der Waals surface area (Å²) in [5, 5.41) is 15.4. The number of aromatic nitrogens is 2. The first-order valence-corrected chi connectivity index (χ1v) is 4.03. The molecule has 0 aromatic carbocycles. The average Bonchev–Trinajstić information content (AvgIpc) is 2.47. The Hall–Kier alpha value is -1.36. The second kappa shape index (κ2) is 4.04. The van der Waals surface area contributed by atoms with Gasteiger partial charge in [0.1, 0.15) is 6.04 Å². The molecule has 5 heteroatoms. The maximum Gasteiger partial charge on any atom is 0.320 e. The molecule has 1 unspecified atom stereocenters. The predicted octanol–water partition coefficient (Wildman–Crippen LogP) is -0.0172. The van der Waals surface area contributed by atoms with Gasteiger partial charge in [0.25, 0.3) is 0 Å². The molecular weight excluding hydrogens is 170 g/mol. The van der Waals surface area contributed by atoms with Gasteiger partial charge in [0.05, 0.1) is 6.20 Å². The van der Waals surface area contributed by atoms with Crippen LogP contribution in [-0.2, 0) is 18.4 Å². The quantitative estimate of drug-likeness (QED) is 0.688. The number of aryl methyl sites for hydroxylation is 1. The first-order chi connectivity index (χ1) is 6.09. The van der Waals surface area contributed by atoms with Crippen molar-refractivity contribution >= 4 is 5.97 Å². The number of carboxylic acids is 1. The van der Waals surface area contributed by atoms with Crippen molar-refractivity contribution < 1.29 is 9.90 Å². The number of nitrogens with one attached hydrogen (secondary N) is 1. The van der Waals surface area contributed by atoms with E-state index in [1.54, 1.807) is 17.8 Å². The van der Waals surface area contributed by atoms with Gasteiger partial charge < -0.3 is 10.4 Å². The molecule has 0 aliphatic rings. The summed E-state index contributed by atoms with van der Waals surface area (Å²) in [7, 11) is 1.82.